The summed E-state index contributed by atoms with van der Waals surface area (Å²) in [6.45, 7) is 5.66. The predicted molar refractivity (Wildman–Crippen MR) is 108 cm³/mol. The molecule has 1 saturated heterocycles. The number of hydrogen-bond donors (Lipinski definition) is 1. The molecule has 28 heavy (non-hydrogen) atoms. The molecular weight excluding hydrogens is 356 g/mol. The lowest BCUT2D eigenvalue weighted by molar-refractivity contribution is -0.0292. The third kappa shape index (κ3) is 4.95. The molecule has 0 aliphatic carbocycles. The van der Waals surface area contributed by atoms with Gasteiger partial charge < -0.3 is 24.2 Å². The van der Waals surface area contributed by atoms with E-state index in [2.05, 4.69) is 34.1 Å². The largest absolute Gasteiger partial charge is 0.486 e. The van der Waals surface area contributed by atoms with E-state index >= 15 is 0 Å². The number of hydrogen-bond acceptors (Lipinski definition) is 6. The van der Waals surface area contributed by atoms with Crippen molar-refractivity contribution in [2.24, 2.45) is 0 Å². The lowest BCUT2D eigenvalue weighted by Gasteiger charge is -2.36. The Balaban J connectivity index is 1.14. The summed E-state index contributed by atoms with van der Waals surface area (Å²) < 4.78 is 17.2. The van der Waals surface area contributed by atoms with Crippen molar-refractivity contribution in [1.82, 2.24) is 4.90 Å². The normalized spacial score (nSPS) is 20.8. The van der Waals surface area contributed by atoms with Crippen molar-refractivity contribution in [2.75, 3.05) is 57.4 Å². The molecule has 0 radical (unpaired) electrons. The summed E-state index contributed by atoms with van der Waals surface area (Å²) in [6.07, 6.45) is -0.642. The van der Waals surface area contributed by atoms with E-state index in [0.29, 0.717) is 26.4 Å². The van der Waals surface area contributed by atoms with Crippen LogP contribution in [-0.2, 0) is 4.74 Å². The van der Waals surface area contributed by atoms with Crippen LogP contribution in [0.15, 0.2) is 54.6 Å². The van der Waals surface area contributed by atoms with Gasteiger partial charge in [0.1, 0.15) is 6.61 Å². The Morgan fingerprint density at radius 1 is 0.964 bits per heavy atom. The zero-order valence-electron chi connectivity index (χ0n) is 16.1. The molecule has 6 heteroatoms. The van der Waals surface area contributed by atoms with Crippen LogP contribution in [-0.4, -0.2) is 74.8 Å². The van der Waals surface area contributed by atoms with Gasteiger partial charge in [-0.3, -0.25) is 4.90 Å². The van der Waals surface area contributed by atoms with Gasteiger partial charge >= 0.3 is 0 Å². The van der Waals surface area contributed by atoms with E-state index in [1.165, 1.54) is 5.69 Å². The maximum absolute atomic E-state index is 10.3. The first-order chi connectivity index (χ1) is 13.8. The molecule has 0 aromatic heterocycles. The third-order valence-electron chi connectivity index (χ3n) is 5.14. The van der Waals surface area contributed by atoms with Gasteiger partial charge in [0.25, 0.3) is 0 Å². The van der Waals surface area contributed by atoms with Gasteiger partial charge in [-0.2, -0.15) is 0 Å². The molecular formula is C22H28N2O4. The summed E-state index contributed by atoms with van der Waals surface area (Å²) in [5.74, 6) is 1.52. The second-order valence-corrected chi connectivity index (χ2v) is 7.31. The van der Waals surface area contributed by atoms with Gasteiger partial charge in [-0.15, -0.1) is 0 Å². The molecule has 0 spiro atoms. The number of para-hydroxylation sites is 3. The molecule has 1 fully saturated rings. The van der Waals surface area contributed by atoms with Crippen LogP contribution in [0.2, 0.25) is 0 Å². The summed E-state index contributed by atoms with van der Waals surface area (Å²) >= 11 is 0. The van der Waals surface area contributed by atoms with Crippen LogP contribution in [0.4, 0.5) is 5.69 Å². The molecule has 1 N–H and O–H groups in total. The summed E-state index contributed by atoms with van der Waals surface area (Å²) in [5.41, 5.74) is 1.27. The lowest BCUT2D eigenvalue weighted by atomic mass is 10.2. The molecule has 2 atom stereocenters. The molecule has 4 rings (SSSR count). The van der Waals surface area contributed by atoms with Crippen molar-refractivity contribution in [1.29, 1.82) is 0 Å². The van der Waals surface area contributed by atoms with Gasteiger partial charge in [0.05, 0.1) is 19.3 Å². The number of ether oxygens (including phenoxy) is 3. The Morgan fingerprint density at radius 3 is 2.46 bits per heavy atom. The Hall–Kier alpha value is -2.28. The maximum Gasteiger partial charge on any atom is 0.161 e. The van der Waals surface area contributed by atoms with Crippen molar-refractivity contribution >= 4 is 5.69 Å². The highest BCUT2D eigenvalue weighted by Gasteiger charge is 2.22. The number of anilines is 1. The molecule has 150 valence electrons. The van der Waals surface area contributed by atoms with Gasteiger partial charge in [-0.1, -0.05) is 30.3 Å². The fourth-order valence-electron chi connectivity index (χ4n) is 3.66. The van der Waals surface area contributed by atoms with Crippen molar-refractivity contribution < 1.29 is 19.3 Å². The van der Waals surface area contributed by atoms with Crippen molar-refractivity contribution in [3.63, 3.8) is 0 Å². The number of nitrogens with zero attached hydrogens (tertiary/aromatic N) is 2. The first-order valence-corrected chi connectivity index (χ1v) is 9.94. The summed E-state index contributed by atoms with van der Waals surface area (Å²) in [6, 6.07) is 18.1. The van der Waals surface area contributed by atoms with Crippen LogP contribution >= 0.6 is 0 Å². The molecule has 2 aliphatic rings. The second kappa shape index (κ2) is 9.28. The number of fused-ring (bicyclic) bond motifs is 1. The fraction of sp³-hybridized carbons (Fsp3) is 0.455. The molecule has 0 bridgehead atoms. The van der Waals surface area contributed by atoms with Gasteiger partial charge in [0.15, 0.2) is 17.6 Å². The second-order valence-electron chi connectivity index (χ2n) is 7.31. The number of benzene rings is 2. The standard InChI is InChI=1S/C22H28N2O4/c25-19(14-23-10-12-24(13-11-23)18-6-2-1-3-7-18)15-26-16-20-17-27-21-8-4-5-9-22(21)28-20/h1-9,19-20,25H,10-17H2/t19-,20-/m0/s1. The summed E-state index contributed by atoms with van der Waals surface area (Å²) in [5, 5.41) is 10.3. The van der Waals surface area contributed by atoms with E-state index in [0.717, 1.165) is 37.7 Å². The zero-order chi connectivity index (χ0) is 19.2. The number of aliphatic hydroxyl groups is 1. The number of rotatable bonds is 7. The Labute approximate surface area is 166 Å². The Morgan fingerprint density at radius 2 is 1.68 bits per heavy atom. The number of aliphatic hydroxyl groups excluding tert-OH is 1. The van der Waals surface area contributed by atoms with Crippen LogP contribution in [0.3, 0.4) is 0 Å². The molecule has 2 aliphatic heterocycles. The minimum atomic E-state index is -0.500. The highest BCUT2D eigenvalue weighted by molar-refractivity contribution is 5.46. The van der Waals surface area contributed by atoms with E-state index in [1.807, 2.05) is 30.3 Å². The maximum atomic E-state index is 10.3. The Bertz CT molecular complexity index is 734. The average Bonchev–Trinajstić information content (AvgIpc) is 2.75. The predicted octanol–water partition coefficient (Wildman–Crippen LogP) is 2.03. The SMILES string of the molecule is O[C@H](COC[C@H]1COc2ccccc2O1)CN1CCN(c2ccccc2)CC1. The van der Waals surface area contributed by atoms with E-state index in [4.69, 9.17) is 14.2 Å². The Kier molecular flexibility index (Phi) is 6.31. The molecule has 2 heterocycles. The molecule has 2 aromatic carbocycles. The molecule has 0 unspecified atom stereocenters. The first-order valence-electron chi connectivity index (χ1n) is 9.94. The van der Waals surface area contributed by atoms with Gasteiger partial charge in [-0.25, -0.2) is 0 Å². The minimum absolute atomic E-state index is 0.142. The summed E-state index contributed by atoms with van der Waals surface area (Å²) in [4.78, 5) is 4.68. The average molecular weight is 384 g/mol. The smallest absolute Gasteiger partial charge is 0.161 e. The van der Waals surface area contributed by atoms with Crippen LogP contribution in [0.5, 0.6) is 11.5 Å². The monoisotopic (exact) mass is 384 g/mol. The number of β-amino-alcohol motifs (C(OH)–C–C–N with tert-alkyl or cyclic N) is 1. The van der Waals surface area contributed by atoms with Crippen LogP contribution in [0.25, 0.3) is 0 Å². The number of piperazine rings is 1. The highest BCUT2D eigenvalue weighted by atomic mass is 16.6. The van der Waals surface area contributed by atoms with Gasteiger partial charge in [0, 0.05) is 38.4 Å². The molecule has 2 aromatic rings. The van der Waals surface area contributed by atoms with Gasteiger partial charge in [0.2, 0.25) is 0 Å². The molecule has 0 amide bonds. The van der Waals surface area contributed by atoms with Crippen LogP contribution in [0.1, 0.15) is 0 Å². The fourth-order valence-corrected chi connectivity index (χ4v) is 3.66. The zero-order valence-corrected chi connectivity index (χ0v) is 16.1. The van der Waals surface area contributed by atoms with E-state index in [1.54, 1.807) is 0 Å². The lowest BCUT2D eigenvalue weighted by Crippen LogP contribution is -2.49. The topological polar surface area (TPSA) is 54.4 Å². The van der Waals surface area contributed by atoms with E-state index < -0.39 is 6.10 Å². The molecule has 0 saturated carbocycles. The highest BCUT2D eigenvalue weighted by Crippen LogP contribution is 2.30. The van der Waals surface area contributed by atoms with Gasteiger partial charge in [-0.05, 0) is 24.3 Å². The minimum Gasteiger partial charge on any atom is -0.486 e. The van der Waals surface area contributed by atoms with E-state index in [9.17, 15) is 5.11 Å². The quantitative estimate of drug-likeness (QED) is 0.788. The van der Waals surface area contributed by atoms with Crippen molar-refractivity contribution in [3.8, 4) is 11.5 Å². The first kappa shape index (κ1) is 19.1. The van der Waals surface area contributed by atoms with Crippen molar-refractivity contribution in [2.45, 2.75) is 12.2 Å². The van der Waals surface area contributed by atoms with Crippen LogP contribution < -0.4 is 14.4 Å². The van der Waals surface area contributed by atoms with Crippen LogP contribution in [0, 0.1) is 0 Å². The summed E-state index contributed by atoms with van der Waals surface area (Å²) in [7, 11) is 0. The van der Waals surface area contributed by atoms with Crippen molar-refractivity contribution in [3.05, 3.63) is 54.6 Å². The third-order valence-corrected chi connectivity index (χ3v) is 5.14. The van der Waals surface area contributed by atoms with E-state index in [-0.39, 0.29) is 6.10 Å². The molecule has 6 nitrogen and oxygen atoms in total.